The van der Waals surface area contributed by atoms with Crippen LogP contribution in [0.5, 0.6) is 0 Å². The number of nitrogens with zero attached hydrogens (tertiary/aromatic N) is 2. The van der Waals surface area contributed by atoms with Crippen LogP contribution in [0.2, 0.25) is 0 Å². The van der Waals surface area contributed by atoms with Crippen LogP contribution in [0.15, 0.2) is 47.3 Å². The van der Waals surface area contributed by atoms with Gasteiger partial charge in [-0.05, 0) is 30.2 Å². The summed E-state index contributed by atoms with van der Waals surface area (Å²) in [6, 6.07) is 9.75. The maximum absolute atomic E-state index is 13.4. The Hall–Kier alpha value is -3.13. The first kappa shape index (κ1) is 21.6. The van der Waals surface area contributed by atoms with Crippen molar-refractivity contribution in [1.29, 1.82) is 0 Å². The number of carbonyl (C=O) groups is 1. The molecule has 1 heterocycles. The summed E-state index contributed by atoms with van der Waals surface area (Å²) in [7, 11) is 0. The predicted octanol–water partition coefficient (Wildman–Crippen LogP) is 3.33. The Morgan fingerprint density at radius 2 is 1.87 bits per heavy atom. The average Bonchev–Trinajstić information content (AvgIpc) is 2.75. The molecule has 0 fully saturated rings. The van der Waals surface area contributed by atoms with Crippen molar-refractivity contribution in [3.63, 3.8) is 0 Å². The van der Waals surface area contributed by atoms with Crippen molar-refractivity contribution in [2.24, 2.45) is 0 Å². The molecule has 0 aliphatic rings. The van der Waals surface area contributed by atoms with Crippen molar-refractivity contribution in [2.45, 2.75) is 38.8 Å². The van der Waals surface area contributed by atoms with Gasteiger partial charge in [-0.15, -0.1) is 0 Å². The third-order valence-electron chi connectivity index (χ3n) is 4.84. The number of aliphatic hydroxyl groups is 1. The predicted molar refractivity (Wildman–Crippen MR) is 109 cm³/mol. The smallest absolute Gasteiger partial charge is 0.274 e. The van der Waals surface area contributed by atoms with Crippen LogP contribution in [0.4, 0.5) is 8.78 Å². The van der Waals surface area contributed by atoms with Gasteiger partial charge < -0.3 is 10.4 Å². The van der Waals surface area contributed by atoms with Gasteiger partial charge in [-0.25, -0.2) is 13.5 Å². The van der Waals surface area contributed by atoms with Crippen LogP contribution in [0.3, 0.4) is 0 Å². The van der Waals surface area contributed by atoms with Crippen molar-refractivity contribution in [3.05, 3.63) is 75.7 Å². The number of halogens is 2. The summed E-state index contributed by atoms with van der Waals surface area (Å²) in [5.74, 6) is -2.67. The molecular weight excluding hydrogens is 392 g/mol. The Balaban J connectivity index is 1.83. The number of nitrogens with one attached hydrogen (secondary N) is 1. The fourth-order valence-corrected chi connectivity index (χ4v) is 3.18. The molecule has 2 N–H and O–H groups in total. The third kappa shape index (κ3) is 4.71. The summed E-state index contributed by atoms with van der Waals surface area (Å²) in [4.78, 5) is 25.4. The number of aryl methyl sites for hydroxylation is 1. The lowest BCUT2D eigenvalue weighted by Crippen LogP contribution is -2.33. The second kappa shape index (κ2) is 9.58. The summed E-state index contributed by atoms with van der Waals surface area (Å²) in [6.45, 7) is 2.22. The second-order valence-electron chi connectivity index (χ2n) is 7.03. The number of hydrogen-bond donors (Lipinski definition) is 2. The molecule has 0 aliphatic heterocycles. The van der Waals surface area contributed by atoms with Gasteiger partial charge in [0.25, 0.3) is 11.5 Å². The number of rotatable bonds is 8. The highest BCUT2D eigenvalue weighted by Crippen LogP contribution is 2.17. The Morgan fingerprint density at radius 1 is 1.13 bits per heavy atom. The molecule has 3 rings (SSSR count). The lowest BCUT2D eigenvalue weighted by Gasteiger charge is -2.14. The molecule has 0 radical (unpaired) electrons. The Labute approximate surface area is 172 Å². The number of amides is 1. The molecule has 1 atom stereocenters. The molecule has 30 heavy (non-hydrogen) atoms. The monoisotopic (exact) mass is 415 g/mol. The second-order valence-corrected chi connectivity index (χ2v) is 7.03. The van der Waals surface area contributed by atoms with Crippen LogP contribution in [-0.2, 0) is 6.54 Å². The van der Waals surface area contributed by atoms with Gasteiger partial charge in [-0.3, -0.25) is 9.59 Å². The number of unbranched alkanes of at least 4 members (excludes halogenated alkanes) is 2. The maximum atomic E-state index is 13.4. The van der Waals surface area contributed by atoms with Crippen molar-refractivity contribution in [3.8, 4) is 0 Å². The maximum Gasteiger partial charge on any atom is 0.274 e. The minimum Gasteiger partial charge on any atom is -0.387 e. The molecule has 6 nitrogen and oxygen atoms in total. The number of aromatic nitrogens is 2. The highest BCUT2D eigenvalue weighted by molar-refractivity contribution is 6.04. The van der Waals surface area contributed by atoms with E-state index in [2.05, 4.69) is 10.4 Å². The van der Waals surface area contributed by atoms with Crippen LogP contribution < -0.4 is 10.9 Å². The molecule has 1 unspecified atom stereocenters. The standard InChI is InChI=1S/C22H23F2N3O3/c1-2-3-6-11-27-22(30)16-8-5-4-7-15(16)20(26-27)21(29)25-13-19(28)14-9-10-17(23)18(24)12-14/h4-5,7-10,12,19,28H,2-3,6,11,13H2,1H3,(H,25,29). The lowest BCUT2D eigenvalue weighted by atomic mass is 10.1. The number of benzene rings is 2. The molecule has 8 heteroatoms. The summed E-state index contributed by atoms with van der Waals surface area (Å²) in [6.07, 6.45) is 1.45. The Bertz CT molecular complexity index is 1110. The third-order valence-corrected chi connectivity index (χ3v) is 4.84. The summed E-state index contributed by atoms with van der Waals surface area (Å²) >= 11 is 0. The Kier molecular flexibility index (Phi) is 6.89. The van der Waals surface area contributed by atoms with Gasteiger partial charge in [-0.2, -0.15) is 5.10 Å². The summed E-state index contributed by atoms with van der Waals surface area (Å²) in [5, 5.41) is 17.8. The molecule has 1 amide bonds. The van der Waals surface area contributed by atoms with Crippen LogP contribution in [-0.4, -0.2) is 27.3 Å². The summed E-state index contributed by atoms with van der Waals surface area (Å²) in [5.41, 5.74) is -0.0594. The summed E-state index contributed by atoms with van der Waals surface area (Å²) < 4.78 is 27.7. The Morgan fingerprint density at radius 3 is 2.57 bits per heavy atom. The molecule has 3 aromatic rings. The molecule has 1 aromatic heterocycles. The van der Waals surface area contributed by atoms with E-state index in [0.29, 0.717) is 17.3 Å². The SMILES string of the molecule is CCCCCn1nc(C(=O)NCC(O)c2ccc(F)c(F)c2)c2ccccc2c1=O. The molecule has 158 valence electrons. The van der Waals surface area contributed by atoms with E-state index in [0.717, 1.165) is 31.4 Å². The van der Waals surface area contributed by atoms with Crippen molar-refractivity contribution < 1.29 is 18.7 Å². The molecule has 2 aromatic carbocycles. The van der Waals surface area contributed by atoms with Crippen LogP contribution in [0.1, 0.15) is 48.3 Å². The van der Waals surface area contributed by atoms with E-state index in [1.165, 1.54) is 10.7 Å². The van der Waals surface area contributed by atoms with E-state index in [-0.39, 0.29) is 23.4 Å². The van der Waals surface area contributed by atoms with E-state index < -0.39 is 23.6 Å². The van der Waals surface area contributed by atoms with E-state index >= 15 is 0 Å². The fourth-order valence-electron chi connectivity index (χ4n) is 3.18. The molecule has 0 aliphatic carbocycles. The normalized spacial score (nSPS) is 12.1. The molecule has 0 spiro atoms. The van der Waals surface area contributed by atoms with Gasteiger partial charge in [0.1, 0.15) is 0 Å². The first-order valence-electron chi connectivity index (χ1n) is 9.83. The lowest BCUT2D eigenvalue weighted by molar-refractivity contribution is 0.0910. The number of hydrogen-bond acceptors (Lipinski definition) is 4. The van der Waals surface area contributed by atoms with Crippen LogP contribution in [0.25, 0.3) is 10.8 Å². The van der Waals surface area contributed by atoms with Gasteiger partial charge in [0.2, 0.25) is 0 Å². The number of carbonyl (C=O) groups excluding carboxylic acids is 1. The van der Waals surface area contributed by atoms with Crippen molar-refractivity contribution in [1.82, 2.24) is 15.1 Å². The highest BCUT2D eigenvalue weighted by atomic mass is 19.2. The van der Waals surface area contributed by atoms with Crippen LogP contribution >= 0.6 is 0 Å². The van der Waals surface area contributed by atoms with Gasteiger partial charge in [0, 0.05) is 18.5 Å². The van der Waals surface area contributed by atoms with E-state index in [1.807, 2.05) is 6.92 Å². The van der Waals surface area contributed by atoms with E-state index in [1.54, 1.807) is 24.3 Å². The number of fused-ring (bicyclic) bond motifs is 1. The topological polar surface area (TPSA) is 84.2 Å². The number of aliphatic hydroxyl groups excluding tert-OH is 1. The zero-order valence-corrected chi connectivity index (χ0v) is 16.6. The quantitative estimate of drug-likeness (QED) is 0.553. The highest BCUT2D eigenvalue weighted by Gasteiger charge is 2.18. The fraction of sp³-hybridized carbons (Fsp3) is 0.318. The largest absolute Gasteiger partial charge is 0.387 e. The zero-order chi connectivity index (χ0) is 21.7. The van der Waals surface area contributed by atoms with E-state index in [9.17, 15) is 23.5 Å². The van der Waals surface area contributed by atoms with Gasteiger partial charge in [0.05, 0.1) is 11.5 Å². The molecular formula is C22H23F2N3O3. The van der Waals surface area contributed by atoms with Crippen LogP contribution in [0, 0.1) is 11.6 Å². The zero-order valence-electron chi connectivity index (χ0n) is 16.6. The van der Waals surface area contributed by atoms with E-state index in [4.69, 9.17) is 0 Å². The molecule has 0 bridgehead atoms. The minimum atomic E-state index is -1.23. The van der Waals surface area contributed by atoms with Gasteiger partial charge in [0.15, 0.2) is 17.3 Å². The molecule has 0 saturated carbocycles. The average molecular weight is 415 g/mol. The first-order valence-corrected chi connectivity index (χ1v) is 9.83. The molecule has 0 saturated heterocycles. The van der Waals surface area contributed by atoms with Gasteiger partial charge in [-0.1, -0.05) is 44.0 Å². The minimum absolute atomic E-state index is 0.0687. The first-order chi connectivity index (χ1) is 14.4. The van der Waals surface area contributed by atoms with Crippen molar-refractivity contribution in [2.75, 3.05) is 6.54 Å². The van der Waals surface area contributed by atoms with Gasteiger partial charge >= 0.3 is 0 Å². The van der Waals surface area contributed by atoms with Crippen molar-refractivity contribution >= 4 is 16.7 Å².